The van der Waals surface area contributed by atoms with Crippen molar-refractivity contribution >= 4 is 37.6 Å². The Morgan fingerprint density at radius 2 is 0.950 bits per heavy atom. The summed E-state index contributed by atoms with van der Waals surface area (Å²) in [5, 5.41) is 14.8. The van der Waals surface area contributed by atoms with E-state index in [1.807, 2.05) is 0 Å². The van der Waals surface area contributed by atoms with Crippen molar-refractivity contribution in [2.75, 3.05) is 17.2 Å². The summed E-state index contributed by atoms with van der Waals surface area (Å²) in [5.74, 6) is -3.52. The molecule has 11 N–H and O–H groups in total. The normalized spacial score (nSPS) is 9.35. The van der Waals surface area contributed by atoms with Crippen LogP contribution in [0.3, 0.4) is 0 Å². The van der Waals surface area contributed by atoms with Crippen molar-refractivity contribution in [1.82, 2.24) is 15.0 Å². The topological polar surface area (TPSA) is 269 Å². The molecule has 20 heavy (non-hydrogen) atoms. The Hall–Kier alpha value is -2.54. The second-order valence-corrected chi connectivity index (χ2v) is 3.56. The fraction of sp³-hybridized carbons (Fsp3) is 0. The number of phosphoric acid groups is 1. The van der Waals surface area contributed by atoms with Crippen LogP contribution < -0.4 is 17.2 Å². The average Bonchev–Trinajstić information content (AvgIpc) is 2.12. The van der Waals surface area contributed by atoms with Gasteiger partial charge in [-0.3, -0.25) is 0 Å². The highest BCUT2D eigenvalue weighted by Crippen LogP contribution is 2.25. The molecule has 0 amide bonds. The SMILES string of the molecule is Nc1nc(N)nc(N)n1.O=C(O)C(=O)O.O=P(O)(O)O. The second-order valence-electron chi connectivity index (χ2n) is 2.53. The van der Waals surface area contributed by atoms with E-state index >= 15 is 0 Å². The molecule has 0 fully saturated rings. The van der Waals surface area contributed by atoms with Gasteiger partial charge < -0.3 is 42.1 Å². The first-order valence-electron chi connectivity index (χ1n) is 4.10. The molecule has 0 atom stereocenters. The van der Waals surface area contributed by atoms with Gasteiger partial charge in [0.05, 0.1) is 0 Å². The zero-order valence-corrected chi connectivity index (χ0v) is 10.4. The van der Waals surface area contributed by atoms with E-state index in [0.29, 0.717) is 0 Å². The molecule has 0 aliphatic carbocycles. The maximum atomic E-state index is 9.10. The molecule has 14 nitrogen and oxygen atoms in total. The van der Waals surface area contributed by atoms with Crippen molar-refractivity contribution in [1.29, 1.82) is 0 Å². The van der Waals surface area contributed by atoms with Gasteiger partial charge in [0.15, 0.2) is 0 Å². The van der Waals surface area contributed by atoms with Crippen molar-refractivity contribution in [2.24, 2.45) is 0 Å². The standard InChI is InChI=1S/C3H6N6.C2H2O4.H3O4P/c4-1-7-2(5)9-3(6)8-1;3-1(4)2(5)6;1-5(2,3)4/h(H6,4,5,6,7,8,9);(H,3,4)(H,5,6);(H3,1,2,3,4). The third-order valence-corrected chi connectivity index (χ3v) is 0.870. The van der Waals surface area contributed by atoms with Gasteiger partial charge in [-0.05, 0) is 0 Å². The minimum absolute atomic E-state index is 0.0417. The number of carboxylic acids is 2. The third kappa shape index (κ3) is 17.8. The number of aliphatic carboxylic acids is 2. The quantitative estimate of drug-likeness (QED) is 0.173. The van der Waals surface area contributed by atoms with Crippen LogP contribution in [0, 0.1) is 0 Å². The van der Waals surface area contributed by atoms with Gasteiger partial charge in [-0.2, -0.15) is 15.0 Å². The molecule has 0 unspecified atom stereocenters. The van der Waals surface area contributed by atoms with E-state index in [0.717, 1.165) is 0 Å². The van der Waals surface area contributed by atoms with Gasteiger partial charge in [0.2, 0.25) is 17.8 Å². The fourth-order valence-corrected chi connectivity index (χ4v) is 0.427. The molecule has 15 heteroatoms. The van der Waals surface area contributed by atoms with E-state index in [2.05, 4.69) is 15.0 Å². The number of carbonyl (C=O) groups is 2. The number of nitrogen functional groups attached to an aromatic ring is 3. The van der Waals surface area contributed by atoms with E-state index < -0.39 is 19.8 Å². The molecule has 1 aromatic heterocycles. The number of rotatable bonds is 0. The van der Waals surface area contributed by atoms with Crippen LogP contribution in [0.1, 0.15) is 0 Å². The number of nitrogens with zero attached hydrogens (tertiary/aromatic N) is 3. The number of hydrogen-bond donors (Lipinski definition) is 8. The summed E-state index contributed by atoms with van der Waals surface area (Å²) in [6.45, 7) is 0. The average molecular weight is 314 g/mol. The molecule has 1 aromatic rings. The minimum Gasteiger partial charge on any atom is -0.473 e. The summed E-state index contributed by atoms with van der Waals surface area (Å²) in [7, 11) is -4.64. The van der Waals surface area contributed by atoms with Crippen LogP contribution >= 0.6 is 7.82 Å². The highest BCUT2D eigenvalue weighted by Gasteiger charge is 2.04. The van der Waals surface area contributed by atoms with Gasteiger partial charge in [0.25, 0.3) is 0 Å². The molecule has 0 radical (unpaired) electrons. The van der Waals surface area contributed by atoms with Crippen molar-refractivity contribution in [3.8, 4) is 0 Å². The molecule has 114 valence electrons. The number of anilines is 3. The van der Waals surface area contributed by atoms with Gasteiger partial charge in [-0.15, -0.1) is 0 Å². The predicted octanol–water partition coefficient (Wildman–Crippen LogP) is -3.15. The van der Waals surface area contributed by atoms with Gasteiger partial charge in [0.1, 0.15) is 0 Å². The zero-order valence-electron chi connectivity index (χ0n) is 9.48. The summed E-state index contributed by atoms with van der Waals surface area (Å²) in [4.78, 5) is 50.2. The molecule has 0 saturated heterocycles. The first-order valence-corrected chi connectivity index (χ1v) is 5.66. The van der Waals surface area contributed by atoms with Crippen LogP contribution in [0.4, 0.5) is 17.8 Å². The van der Waals surface area contributed by atoms with Crippen LogP contribution in [0.2, 0.25) is 0 Å². The molecule has 0 aliphatic heterocycles. The summed E-state index contributed by atoms with van der Waals surface area (Å²) >= 11 is 0. The summed E-state index contributed by atoms with van der Waals surface area (Å²) in [6, 6.07) is 0. The molecule has 1 heterocycles. The van der Waals surface area contributed by atoms with Crippen molar-refractivity contribution < 1.29 is 39.0 Å². The Morgan fingerprint density at radius 3 is 1.05 bits per heavy atom. The van der Waals surface area contributed by atoms with Crippen LogP contribution in [0.25, 0.3) is 0 Å². The Balaban J connectivity index is 0. The van der Waals surface area contributed by atoms with E-state index in [-0.39, 0.29) is 17.8 Å². The Morgan fingerprint density at radius 1 is 0.800 bits per heavy atom. The first kappa shape index (κ1) is 19.8. The summed E-state index contributed by atoms with van der Waals surface area (Å²) in [6.07, 6.45) is 0. The van der Waals surface area contributed by atoms with Crippen molar-refractivity contribution in [3.05, 3.63) is 0 Å². The van der Waals surface area contributed by atoms with Gasteiger partial charge in [-0.1, -0.05) is 0 Å². The lowest BCUT2D eigenvalue weighted by Gasteiger charge is -1.93. The second kappa shape index (κ2) is 8.54. The predicted molar refractivity (Wildman–Crippen MR) is 62.6 cm³/mol. The lowest BCUT2D eigenvalue weighted by atomic mass is 10.7. The van der Waals surface area contributed by atoms with Crippen LogP contribution in [-0.4, -0.2) is 51.8 Å². The van der Waals surface area contributed by atoms with E-state index in [4.69, 9.17) is 56.2 Å². The van der Waals surface area contributed by atoms with Crippen molar-refractivity contribution in [2.45, 2.75) is 0 Å². The van der Waals surface area contributed by atoms with E-state index in [1.165, 1.54) is 0 Å². The van der Waals surface area contributed by atoms with Gasteiger partial charge in [-0.25, -0.2) is 14.2 Å². The monoisotopic (exact) mass is 314 g/mol. The number of carboxylic acid groups (broad SMARTS) is 2. The smallest absolute Gasteiger partial charge is 0.466 e. The van der Waals surface area contributed by atoms with Crippen LogP contribution in [-0.2, 0) is 14.2 Å². The Kier molecular flexibility index (Phi) is 8.45. The number of nitrogens with two attached hydrogens (primary N) is 3. The molecule has 0 bridgehead atoms. The molecule has 0 saturated carbocycles. The molecule has 0 spiro atoms. The highest BCUT2D eigenvalue weighted by molar-refractivity contribution is 7.45. The third-order valence-electron chi connectivity index (χ3n) is 0.870. The largest absolute Gasteiger partial charge is 0.473 e. The lowest BCUT2D eigenvalue weighted by molar-refractivity contribution is -0.159. The zero-order chi connectivity index (χ0) is 16.5. The lowest BCUT2D eigenvalue weighted by Crippen LogP contribution is -2.09. The maximum Gasteiger partial charge on any atom is 0.466 e. The fourth-order valence-electron chi connectivity index (χ4n) is 0.427. The number of hydrogen-bond acceptors (Lipinski definition) is 9. The Labute approximate surface area is 110 Å². The van der Waals surface area contributed by atoms with Gasteiger partial charge >= 0.3 is 19.8 Å². The Bertz CT molecular complexity index is 445. The summed E-state index contributed by atoms with van der Waals surface area (Å²) in [5.41, 5.74) is 15.4. The first-order chi connectivity index (χ1) is 8.82. The molecular formula is C5H11N6O8P. The molecular weight excluding hydrogens is 303 g/mol. The maximum absolute atomic E-state index is 9.10. The van der Waals surface area contributed by atoms with E-state index in [9.17, 15) is 0 Å². The minimum atomic E-state index is -4.64. The molecule has 1 rings (SSSR count). The van der Waals surface area contributed by atoms with Crippen molar-refractivity contribution in [3.63, 3.8) is 0 Å². The van der Waals surface area contributed by atoms with Crippen LogP contribution in [0.15, 0.2) is 0 Å². The number of aromatic nitrogens is 3. The molecule has 0 aliphatic rings. The van der Waals surface area contributed by atoms with Crippen LogP contribution in [0.5, 0.6) is 0 Å². The van der Waals surface area contributed by atoms with E-state index in [1.54, 1.807) is 0 Å². The van der Waals surface area contributed by atoms with Gasteiger partial charge in [0, 0.05) is 0 Å². The summed E-state index contributed by atoms with van der Waals surface area (Å²) < 4.78 is 8.88. The highest BCUT2D eigenvalue weighted by atomic mass is 31.2. The molecule has 0 aromatic carbocycles.